The molecular weight excluding hydrogens is 258 g/mol. The Bertz CT molecular complexity index is 929. The van der Waals surface area contributed by atoms with Gasteiger partial charge in [-0.3, -0.25) is 10.1 Å². The van der Waals surface area contributed by atoms with Gasteiger partial charge in [-0.15, -0.1) is 6.42 Å². The van der Waals surface area contributed by atoms with Crippen LogP contribution in [0.1, 0.15) is 0 Å². The van der Waals surface area contributed by atoms with Gasteiger partial charge in [0.25, 0.3) is 0 Å². The summed E-state index contributed by atoms with van der Waals surface area (Å²) in [6.07, 6.45) is 5.34. The van der Waals surface area contributed by atoms with Crippen molar-refractivity contribution < 1.29 is 4.79 Å². The maximum Gasteiger partial charge on any atom is 0.218 e. The number of nitrogens with one attached hydrogen (secondary N) is 1. The molecule has 1 amide bonds. The Kier molecular flexibility index (Phi) is 12.2. The molecule has 90 valence electrons. The largest absolute Gasteiger partial charge is 0.287 e. The fourth-order valence-corrected chi connectivity index (χ4v) is 0.539. The first-order valence-corrected chi connectivity index (χ1v) is 5.06. The molecule has 0 spiro atoms. The van der Waals surface area contributed by atoms with Crippen LogP contribution in [0, 0.1) is 107 Å². The molecule has 0 aromatic carbocycles. The van der Waals surface area contributed by atoms with E-state index in [0.29, 0.717) is 6.41 Å². The molecule has 0 aliphatic rings. The van der Waals surface area contributed by atoms with E-state index in [1.54, 1.807) is 0 Å². The summed E-state index contributed by atoms with van der Waals surface area (Å²) in [6, 6.07) is 2.27. The summed E-state index contributed by atoms with van der Waals surface area (Å²) in [5, 5.41) is 2.12. The molecule has 0 aliphatic carbocycles. The molecule has 0 unspecified atom stereocenters. The smallest absolute Gasteiger partial charge is 0.218 e. The molecule has 2 heteroatoms. The topological polar surface area (TPSA) is 29.1 Å². The second kappa shape index (κ2) is 15.5. The molecule has 0 radical (unpaired) electrons. The van der Waals surface area contributed by atoms with E-state index in [9.17, 15) is 4.79 Å². The van der Waals surface area contributed by atoms with Gasteiger partial charge in [-0.2, -0.15) is 0 Å². The Morgan fingerprint density at radius 2 is 0.905 bits per heavy atom. The molecule has 0 bridgehead atoms. The molecule has 0 saturated carbocycles. The second-order valence-electron chi connectivity index (χ2n) is 2.41. The van der Waals surface area contributed by atoms with Gasteiger partial charge >= 0.3 is 0 Å². The van der Waals surface area contributed by atoms with E-state index in [1.165, 1.54) is 0 Å². The molecule has 21 heavy (non-hydrogen) atoms. The van der Waals surface area contributed by atoms with Gasteiger partial charge in [0.1, 0.15) is 0 Å². The molecule has 0 aromatic rings. The van der Waals surface area contributed by atoms with Crippen LogP contribution in [-0.4, -0.2) is 6.41 Å². The molecule has 2 nitrogen and oxygen atoms in total. The molecular formula is C19H3NO. The lowest BCUT2D eigenvalue weighted by Crippen LogP contribution is -1.98. The zero-order valence-electron chi connectivity index (χ0n) is 10.6. The van der Waals surface area contributed by atoms with Gasteiger partial charge in [0.2, 0.25) is 6.41 Å². The van der Waals surface area contributed by atoms with Gasteiger partial charge in [0.05, 0.1) is 0 Å². The molecule has 1 N–H and O–H groups in total. The minimum Gasteiger partial charge on any atom is -0.287 e. The van der Waals surface area contributed by atoms with Gasteiger partial charge in [-0.25, -0.2) is 0 Å². The van der Waals surface area contributed by atoms with Crippen molar-refractivity contribution in [2.75, 3.05) is 0 Å². The lowest BCUT2D eigenvalue weighted by Gasteiger charge is -1.68. The lowest BCUT2D eigenvalue weighted by molar-refractivity contribution is -0.108. The van der Waals surface area contributed by atoms with Crippen molar-refractivity contribution in [1.82, 2.24) is 5.32 Å². The Morgan fingerprint density at radius 1 is 0.571 bits per heavy atom. The molecule has 0 atom stereocenters. The van der Waals surface area contributed by atoms with Crippen molar-refractivity contribution in [3.05, 3.63) is 0 Å². The zero-order chi connectivity index (χ0) is 15.4. The number of terminal acetylenes is 1. The third-order valence-electron chi connectivity index (χ3n) is 1.14. The van der Waals surface area contributed by atoms with Crippen LogP contribution in [0.5, 0.6) is 0 Å². The van der Waals surface area contributed by atoms with Crippen LogP contribution < -0.4 is 5.32 Å². The monoisotopic (exact) mass is 261 g/mol. The van der Waals surface area contributed by atoms with Crippen molar-refractivity contribution >= 4 is 6.41 Å². The first-order valence-electron chi connectivity index (χ1n) is 5.06. The van der Waals surface area contributed by atoms with Gasteiger partial charge < -0.3 is 0 Å². The van der Waals surface area contributed by atoms with Crippen LogP contribution in [-0.2, 0) is 4.79 Å². The van der Waals surface area contributed by atoms with E-state index >= 15 is 0 Å². The van der Waals surface area contributed by atoms with Crippen molar-refractivity contribution in [2.24, 2.45) is 0 Å². The molecule has 0 aliphatic heterocycles. The third-order valence-corrected chi connectivity index (χ3v) is 1.14. The van der Waals surface area contributed by atoms with Crippen LogP contribution in [0.2, 0.25) is 0 Å². The minimum absolute atomic E-state index is 0.448. The highest BCUT2D eigenvalue weighted by Crippen LogP contribution is 1.57. The summed E-state index contributed by atoms with van der Waals surface area (Å²) in [4.78, 5) is 9.81. The minimum atomic E-state index is 0.448. The Balaban J connectivity index is 4.30. The summed E-state index contributed by atoms with van der Waals surface area (Å²) < 4.78 is 0. The number of carbonyl (C=O) groups excluding carboxylic acids is 1. The van der Waals surface area contributed by atoms with E-state index in [1.807, 2.05) is 0 Å². The standard InChI is InChI=1S/C19H3NO/c1-2-3-4-5-6-7-8-9-10-11-12-13-14-15-16-17-18-20-19-21/h1,19H,(H,20,21). The Labute approximate surface area is 124 Å². The van der Waals surface area contributed by atoms with E-state index < -0.39 is 0 Å². The van der Waals surface area contributed by atoms with Crippen LogP contribution in [0.25, 0.3) is 0 Å². The van der Waals surface area contributed by atoms with Gasteiger partial charge in [-0.05, 0) is 47.4 Å². The fraction of sp³-hybridized carbons (Fsp3) is 0. The average Bonchev–Trinajstić information content (AvgIpc) is 2.50. The van der Waals surface area contributed by atoms with Crippen LogP contribution in [0.4, 0.5) is 0 Å². The number of rotatable bonds is 1. The predicted octanol–water partition coefficient (Wildman–Crippen LogP) is -0.650. The molecule has 0 rings (SSSR count). The molecule has 0 fully saturated rings. The van der Waals surface area contributed by atoms with Crippen LogP contribution in [0.3, 0.4) is 0 Å². The first kappa shape index (κ1) is 16.5. The summed E-state index contributed by atoms with van der Waals surface area (Å²) in [5.41, 5.74) is 0. The van der Waals surface area contributed by atoms with Gasteiger partial charge in [0.15, 0.2) is 0 Å². The number of amides is 1. The quantitative estimate of drug-likeness (QED) is 0.379. The number of hydrogen-bond acceptors (Lipinski definition) is 1. The molecule has 0 aromatic heterocycles. The van der Waals surface area contributed by atoms with Gasteiger partial charge in [0, 0.05) is 53.4 Å². The van der Waals surface area contributed by atoms with Crippen molar-refractivity contribution in [1.29, 1.82) is 0 Å². The normalized spacial score (nSPS) is 4.14. The highest BCUT2D eigenvalue weighted by Gasteiger charge is 1.60. The highest BCUT2D eigenvalue weighted by molar-refractivity contribution is 5.51. The summed E-state index contributed by atoms with van der Waals surface area (Å²) >= 11 is 0. The number of carbonyl (C=O) groups is 1. The van der Waals surface area contributed by atoms with E-state index in [4.69, 9.17) is 6.42 Å². The average molecular weight is 261 g/mol. The maximum atomic E-state index is 9.81. The highest BCUT2D eigenvalue weighted by atomic mass is 16.1. The van der Waals surface area contributed by atoms with Crippen molar-refractivity contribution in [2.45, 2.75) is 0 Å². The predicted molar refractivity (Wildman–Crippen MR) is 80.2 cm³/mol. The van der Waals surface area contributed by atoms with Crippen molar-refractivity contribution in [3.63, 3.8) is 0 Å². The summed E-state index contributed by atoms with van der Waals surface area (Å²) in [6.45, 7) is 0. The van der Waals surface area contributed by atoms with E-state index in [2.05, 4.69) is 106 Å². The Hall–Kier alpha value is -4.49. The van der Waals surface area contributed by atoms with Crippen LogP contribution >= 0.6 is 0 Å². The summed E-state index contributed by atoms with van der Waals surface area (Å²) in [5.74, 6) is 38.5. The van der Waals surface area contributed by atoms with Crippen LogP contribution in [0.15, 0.2) is 0 Å². The fourth-order valence-electron chi connectivity index (χ4n) is 0.539. The molecule has 0 heterocycles. The first-order chi connectivity index (χ1) is 10.4. The summed E-state index contributed by atoms with van der Waals surface area (Å²) in [7, 11) is 0. The van der Waals surface area contributed by atoms with E-state index in [0.717, 1.165) is 0 Å². The van der Waals surface area contributed by atoms with Crippen molar-refractivity contribution in [3.8, 4) is 107 Å². The van der Waals surface area contributed by atoms with E-state index in [-0.39, 0.29) is 0 Å². The zero-order valence-corrected chi connectivity index (χ0v) is 10.6. The molecule has 0 saturated heterocycles. The third kappa shape index (κ3) is 15.5. The maximum absolute atomic E-state index is 9.81. The second-order valence-corrected chi connectivity index (χ2v) is 2.41. The number of hydrogen-bond donors (Lipinski definition) is 1. The Morgan fingerprint density at radius 3 is 1.24 bits per heavy atom. The van der Waals surface area contributed by atoms with Gasteiger partial charge in [-0.1, -0.05) is 0 Å². The SMILES string of the molecule is C#CC#CC#CC#CC#CC#CC#CC#CC#CNC=O. The lowest BCUT2D eigenvalue weighted by atomic mass is 10.5.